The fourth-order valence-electron chi connectivity index (χ4n) is 2.84. The van der Waals surface area contributed by atoms with Gasteiger partial charge < -0.3 is 4.74 Å². The molecule has 0 amide bonds. The Labute approximate surface area is 84.8 Å². The molecule has 0 saturated carbocycles. The van der Waals surface area contributed by atoms with Crippen molar-refractivity contribution in [3.8, 4) is 6.07 Å². The van der Waals surface area contributed by atoms with Crippen molar-refractivity contribution in [2.45, 2.75) is 19.3 Å². The summed E-state index contributed by atoms with van der Waals surface area (Å²) >= 11 is 0. The molecule has 0 N–H and O–H groups in total. The maximum Gasteiger partial charge on any atom is 0.286 e. The predicted octanol–water partition coefficient (Wildman–Crippen LogP) is 2.32. The van der Waals surface area contributed by atoms with Crippen LogP contribution in [0.15, 0.2) is 11.6 Å². The third kappa shape index (κ3) is 1.36. The van der Waals surface area contributed by atoms with Crippen molar-refractivity contribution in [1.82, 2.24) is 0 Å². The highest BCUT2D eigenvalue weighted by Crippen LogP contribution is 2.37. The molecule has 0 radical (unpaired) electrons. The van der Waals surface area contributed by atoms with Crippen LogP contribution >= 0.6 is 0 Å². The predicted molar refractivity (Wildman–Crippen MR) is 55.3 cm³/mol. The normalized spacial score (nSPS) is 40.0. The molecule has 2 heterocycles. The number of hydrogen-bond acceptors (Lipinski definition) is 1. The third-order valence-corrected chi connectivity index (χ3v) is 3.74. The van der Waals surface area contributed by atoms with E-state index in [1.165, 1.54) is 24.8 Å². The fourth-order valence-corrected chi connectivity index (χ4v) is 2.84. The molecule has 74 valence electrons. The van der Waals surface area contributed by atoms with E-state index in [2.05, 4.69) is 17.0 Å². The molecule has 1 saturated heterocycles. The van der Waals surface area contributed by atoms with E-state index in [1.807, 2.05) is 0 Å². The van der Waals surface area contributed by atoms with Crippen LogP contribution in [0.25, 0.3) is 4.85 Å². The van der Waals surface area contributed by atoms with Crippen LogP contribution in [-0.2, 0) is 4.74 Å². The Hall–Kier alpha value is -0.810. The molecule has 3 aliphatic rings. The summed E-state index contributed by atoms with van der Waals surface area (Å²) in [6, 6.07) is 3.20. The van der Waals surface area contributed by atoms with Crippen LogP contribution in [0.2, 0.25) is 0 Å². The minimum absolute atomic E-state index is 0.563. The SMILES string of the molecule is C1#[N+]CC2=CC(C3CCOC3)CCC12. The van der Waals surface area contributed by atoms with Gasteiger partial charge in [0.2, 0.25) is 0 Å². The van der Waals surface area contributed by atoms with Gasteiger partial charge in [-0.25, -0.2) is 0 Å². The average molecular weight is 190 g/mol. The summed E-state index contributed by atoms with van der Waals surface area (Å²) in [6.45, 7) is 2.86. The zero-order chi connectivity index (χ0) is 9.38. The van der Waals surface area contributed by atoms with E-state index in [4.69, 9.17) is 4.74 Å². The van der Waals surface area contributed by atoms with Gasteiger partial charge in [-0.15, -0.1) is 0 Å². The Balaban J connectivity index is 1.74. The highest BCUT2D eigenvalue weighted by molar-refractivity contribution is 5.29. The summed E-state index contributed by atoms with van der Waals surface area (Å²) in [5, 5.41) is 0. The first-order valence-corrected chi connectivity index (χ1v) is 5.64. The summed E-state index contributed by atoms with van der Waals surface area (Å²) in [4.78, 5) is 4.24. The van der Waals surface area contributed by atoms with Crippen LogP contribution in [0.4, 0.5) is 0 Å². The van der Waals surface area contributed by atoms with Crippen LogP contribution in [0, 0.1) is 23.8 Å². The summed E-state index contributed by atoms with van der Waals surface area (Å²) in [5.41, 5.74) is 1.52. The molecular weight excluding hydrogens is 174 g/mol. The average Bonchev–Trinajstić information content (AvgIpc) is 2.88. The van der Waals surface area contributed by atoms with Crippen LogP contribution in [0.5, 0.6) is 0 Å². The second-order valence-corrected chi connectivity index (χ2v) is 4.60. The molecule has 0 spiro atoms. The zero-order valence-electron chi connectivity index (χ0n) is 8.41. The minimum atomic E-state index is 0.563. The smallest absolute Gasteiger partial charge is 0.286 e. The van der Waals surface area contributed by atoms with Crippen molar-refractivity contribution in [2.75, 3.05) is 19.8 Å². The van der Waals surface area contributed by atoms with Gasteiger partial charge in [0, 0.05) is 12.2 Å². The third-order valence-electron chi connectivity index (χ3n) is 3.74. The van der Waals surface area contributed by atoms with E-state index in [1.54, 1.807) is 0 Å². The molecule has 0 bridgehead atoms. The van der Waals surface area contributed by atoms with Crippen LogP contribution in [0.3, 0.4) is 0 Å². The van der Waals surface area contributed by atoms with Crippen molar-refractivity contribution >= 4 is 0 Å². The number of rotatable bonds is 1. The number of allylic oxidation sites excluding steroid dienone is 1. The molecule has 3 rings (SSSR count). The van der Waals surface area contributed by atoms with Gasteiger partial charge in [-0.3, -0.25) is 0 Å². The van der Waals surface area contributed by atoms with E-state index in [-0.39, 0.29) is 0 Å². The summed E-state index contributed by atoms with van der Waals surface area (Å²) in [6.07, 6.45) is 6.29. The summed E-state index contributed by atoms with van der Waals surface area (Å²) in [7, 11) is 0. The summed E-state index contributed by atoms with van der Waals surface area (Å²) < 4.78 is 5.45. The molecule has 1 aliphatic carbocycles. The molecule has 2 nitrogen and oxygen atoms in total. The van der Waals surface area contributed by atoms with Crippen molar-refractivity contribution < 1.29 is 4.74 Å². The lowest BCUT2D eigenvalue weighted by molar-refractivity contribution is 0.174. The van der Waals surface area contributed by atoms with E-state index in [9.17, 15) is 0 Å². The monoisotopic (exact) mass is 190 g/mol. The van der Waals surface area contributed by atoms with Gasteiger partial charge in [-0.05, 0) is 31.1 Å². The zero-order valence-corrected chi connectivity index (χ0v) is 8.41. The van der Waals surface area contributed by atoms with Crippen molar-refractivity contribution in [2.24, 2.45) is 17.8 Å². The van der Waals surface area contributed by atoms with E-state index in [0.29, 0.717) is 5.92 Å². The molecule has 2 heteroatoms. The molecule has 14 heavy (non-hydrogen) atoms. The van der Waals surface area contributed by atoms with Gasteiger partial charge in [0.25, 0.3) is 12.6 Å². The molecule has 3 unspecified atom stereocenters. The highest BCUT2D eigenvalue weighted by Gasteiger charge is 2.34. The molecule has 2 aliphatic heterocycles. The first-order chi connectivity index (χ1) is 6.93. The van der Waals surface area contributed by atoms with Crippen molar-refractivity contribution in [3.05, 3.63) is 16.5 Å². The van der Waals surface area contributed by atoms with Gasteiger partial charge >= 0.3 is 0 Å². The molecule has 0 aromatic carbocycles. The van der Waals surface area contributed by atoms with Crippen molar-refractivity contribution in [1.29, 1.82) is 0 Å². The van der Waals surface area contributed by atoms with Crippen LogP contribution in [-0.4, -0.2) is 19.8 Å². The van der Waals surface area contributed by atoms with Crippen LogP contribution < -0.4 is 0 Å². The topological polar surface area (TPSA) is 13.6 Å². The lowest BCUT2D eigenvalue weighted by Crippen LogP contribution is -2.19. The molecule has 3 atom stereocenters. The Bertz CT molecular complexity index is 317. The number of hydrogen-bond donors (Lipinski definition) is 0. The molecular formula is C12H16NO+. The second-order valence-electron chi connectivity index (χ2n) is 4.60. The number of nitrogens with zero attached hydrogens (tertiary/aromatic N) is 1. The first-order valence-electron chi connectivity index (χ1n) is 5.64. The minimum Gasteiger partial charge on any atom is -0.381 e. The number of ether oxygens (including phenoxy) is 1. The van der Waals surface area contributed by atoms with E-state index < -0.39 is 0 Å². The Morgan fingerprint density at radius 3 is 3.21 bits per heavy atom. The summed E-state index contributed by atoms with van der Waals surface area (Å²) in [5.74, 6) is 2.11. The second kappa shape index (κ2) is 3.40. The quantitative estimate of drug-likeness (QED) is 0.578. The standard InChI is InChI=1S/C12H16NO/c1-2-10-6-13-7-12(10)5-9(1)11-3-4-14-8-11/h5,9-11H,1-4,7-8H2/q+1. The Kier molecular flexibility index (Phi) is 2.06. The van der Waals surface area contributed by atoms with Gasteiger partial charge in [0.15, 0.2) is 0 Å². The maximum absolute atomic E-state index is 5.45. The Morgan fingerprint density at radius 1 is 1.36 bits per heavy atom. The maximum atomic E-state index is 5.45. The van der Waals surface area contributed by atoms with Gasteiger partial charge in [0.05, 0.1) is 6.61 Å². The van der Waals surface area contributed by atoms with Gasteiger partial charge in [0.1, 0.15) is 5.92 Å². The van der Waals surface area contributed by atoms with E-state index >= 15 is 0 Å². The van der Waals surface area contributed by atoms with E-state index in [0.717, 1.165) is 31.6 Å². The number of fused-ring (bicyclic) bond motifs is 1. The first kappa shape index (κ1) is 8.49. The Morgan fingerprint density at radius 2 is 2.36 bits per heavy atom. The lowest BCUT2D eigenvalue weighted by Gasteiger charge is -2.24. The fraction of sp³-hybridized carbons (Fsp3) is 0.750. The highest BCUT2D eigenvalue weighted by atomic mass is 16.5. The van der Waals surface area contributed by atoms with Crippen molar-refractivity contribution in [3.63, 3.8) is 0 Å². The van der Waals surface area contributed by atoms with Gasteiger partial charge in [-0.2, -0.15) is 0 Å². The molecule has 0 aromatic heterocycles. The largest absolute Gasteiger partial charge is 0.381 e. The molecule has 1 fully saturated rings. The lowest BCUT2D eigenvalue weighted by atomic mass is 9.78. The van der Waals surface area contributed by atoms with Gasteiger partial charge in [-0.1, -0.05) is 10.9 Å². The van der Waals surface area contributed by atoms with Crippen LogP contribution in [0.1, 0.15) is 19.3 Å². The molecule has 0 aromatic rings.